The van der Waals surface area contributed by atoms with Crippen LogP contribution in [-0.2, 0) is 0 Å². The van der Waals surface area contributed by atoms with E-state index in [4.69, 9.17) is 16.7 Å². The second-order valence-corrected chi connectivity index (χ2v) is 5.63. The van der Waals surface area contributed by atoms with Crippen molar-refractivity contribution in [1.82, 2.24) is 9.78 Å². The zero-order valence-corrected chi connectivity index (χ0v) is 12.3. The molecule has 9 heteroatoms. The van der Waals surface area contributed by atoms with Crippen molar-refractivity contribution in [3.63, 3.8) is 0 Å². The van der Waals surface area contributed by atoms with E-state index in [0.717, 1.165) is 6.20 Å². The molecule has 0 bridgehead atoms. The van der Waals surface area contributed by atoms with Gasteiger partial charge in [0, 0.05) is 11.4 Å². The van der Waals surface area contributed by atoms with Gasteiger partial charge in [-0.1, -0.05) is 23.7 Å². The average molecular weight is 346 g/mol. The fourth-order valence-electron chi connectivity index (χ4n) is 2.63. The molecule has 2 aromatic rings. The lowest BCUT2D eigenvalue weighted by Crippen LogP contribution is -2.36. The number of fused-ring (bicyclic) bond motifs is 1. The molecule has 0 saturated carbocycles. The second kappa shape index (κ2) is 5.45. The third-order valence-corrected chi connectivity index (χ3v) is 3.99. The number of aromatic carboxylic acids is 1. The molecule has 1 aromatic heterocycles. The van der Waals surface area contributed by atoms with Crippen LogP contribution in [0.1, 0.15) is 34.4 Å². The van der Waals surface area contributed by atoms with Crippen molar-refractivity contribution in [2.24, 2.45) is 0 Å². The number of alkyl halides is 3. The minimum Gasteiger partial charge on any atom is -0.477 e. The van der Waals surface area contributed by atoms with Crippen LogP contribution in [0, 0.1) is 0 Å². The Labute approximate surface area is 133 Å². The van der Waals surface area contributed by atoms with Gasteiger partial charge in [0.2, 0.25) is 0 Å². The molecule has 122 valence electrons. The van der Waals surface area contributed by atoms with Gasteiger partial charge in [0.25, 0.3) is 0 Å². The number of carbonyl (C=O) groups is 1. The maximum Gasteiger partial charge on any atom is 0.410 e. The van der Waals surface area contributed by atoms with Crippen LogP contribution >= 0.6 is 11.6 Å². The maximum atomic E-state index is 13.3. The third kappa shape index (κ3) is 2.86. The molecule has 0 radical (unpaired) electrons. The van der Waals surface area contributed by atoms with Crippen LogP contribution in [0.25, 0.3) is 0 Å². The van der Waals surface area contributed by atoms with Gasteiger partial charge in [-0.3, -0.25) is 0 Å². The van der Waals surface area contributed by atoms with Gasteiger partial charge in [-0.2, -0.15) is 18.3 Å². The number of benzene rings is 1. The van der Waals surface area contributed by atoms with Crippen molar-refractivity contribution < 1.29 is 23.1 Å². The molecule has 5 nitrogen and oxygen atoms in total. The molecule has 2 heterocycles. The van der Waals surface area contributed by atoms with E-state index in [1.165, 1.54) is 0 Å². The molecule has 2 N–H and O–H groups in total. The average Bonchev–Trinajstić information content (AvgIpc) is 2.89. The Morgan fingerprint density at radius 2 is 2.00 bits per heavy atom. The van der Waals surface area contributed by atoms with Gasteiger partial charge in [-0.25, -0.2) is 9.48 Å². The lowest BCUT2D eigenvalue weighted by atomic mass is 9.96. The molecule has 0 fully saturated rings. The normalized spacial score (nSPS) is 20.7. The number of nitrogens with one attached hydrogen (secondary N) is 1. The van der Waals surface area contributed by atoms with E-state index in [0.29, 0.717) is 15.3 Å². The molecule has 0 aliphatic carbocycles. The Morgan fingerprint density at radius 1 is 1.35 bits per heavy atom. The Morgan fingerprint density at radius 3 is 2.57 bits per heavy atom. The molecule has 0 spiro atoms. The van der Waals surface area contributed by atoms with Crippen molar-refractivity contribution in [2.45, 2.75) is 24.7 Å². The van der Waals surface area contributed by atoms with E-state index in [-0.39, 0.29) is 17.8 Å². The summed E-state index contributed by atoms with van der Waals surface area (Å²) in [6.07, 6.45) is -3.91. The molecule has 3 rings (SSSR count). The van der Waals surface area contributed by atoms with Gasteiger partial charge in [-0.15, -0.1) is 0 Å². The van der Waals surface area contributed by atoms with Gasteiger partial charge in [0.05, 0.1) is 12.2 Å². The molecule has 0 saturated heterocycles. The summed E-state index contributed by atoms with van der Waals surface area (Å²) in [5, 5.41) is 16.0. The van der Waals surface area contributed by atoms with Gasteiger partial charge in [0.1, 0.15) is 11.4 Å². The summed E-state index contributed by atoms with van der Waals surface area (Å²) in [6, 6.07) is 3.78. The SMILES string of the molecule is O=C(O)c1cnn2c1NC(c1ccc(Cl)cc1)CC2C(F)(F)F. The van der Waals surface area contributed by atoms with E-state index in [9.17, 15) is 18.0 Å². The zero-order chi connectivity index (χ0) is 16.8. The molecule has 1 aliphatic heterocycles. The van der Waals surface area contributed by atoms with E-state index in [1.807, 2.05) is 0 Å². The van der Waals surface area contributed by atoms with Gasteiger partial charge >= 0.3 is 12.1 Å². The first-order chi connectivity index (χ1) is 10.8. The number of hydrogen-bond acceptors (Lipinski definition) is 3. The quantitative estimate of drug-likeness (QED) is 0.866. The van der Waals surface area contributed by atoms with E-state index >= 15 is 0 Å². The van der Waals surface area contributed by atoms with Crippen LogP contribution in [0.4, 0.5) is 19.0 Å². The minimum atomic E-state index is -4.54. The topological polar surface area (TPSA) is 67.1 Å². The summed E-state index contributed by atoms with van der Waals surface area (Å²) in [5.74, 6) is -1.48. The van der Waals surface area contributed by atoms with Crippen LogP contribution in [-0.4, -0.2) is 27.0 Å². The van der Waals surface area contributed by atoms with E-state index in [2.05, 4.69) is 10.4 Å². The number of anilines is 1. The predicted molar refractivity (Wildman–Crippen MR) is 76.7 cm³/mol. The van der Waals surface area contributed by atoms with Crippen LogP contribution in [0.2, 0.25) is 5.02 Å². The first kappa shape index (κ1) is 15.7. The smallest absolute Gasteiger partial charge is 0.410 e. The fraction of sp³-hybridized carbons (Fsp3) is 0.286. The molecular formula is C14H11ClF3N3O2. The zero-order valence-electron chi connectivity index (χ0n) is 11.5. The largest absolute Gasteiger partial charge is 0.477 e. The number of carboxylic acid groups (broad SMARTS) is 1. The molecule has 2 atom stereocenters. The Balaban J connectivity index is 2.05. The maximum absolute atomic E-state index is 13.3. The summed E-state index contributed by atoms with van der Waals surface area (Å²) in [6.45, 7) is 0. The molecule has 23 heavy (non-hydrogen) atoms. The van der Waals surface area contributed by atoms with Crippen molar-refractivity contribution in [3.8, 4) is 0 Å². The lowest BCUT2D eigenvalue weighted by molar-refractivity contribution is -0.173. The van der Waals surface area contributed by atoms with Crippen molar-refractivity contribution in [3.05, 3.63) is 46.6 Å². The summed E-state index contributed by atoms with van der Waals surface area (Å²) >= 11 is 5.79. The number of hydrogen-bond donors (Lipinski definition) is 2. The molecule has 2 unspecified atom stereocenters. The highest BCUT2D eigenvalue weighted by Gasteiger charge is 2.47. The van der Waals surface area contributed by atoms with E-state index in [1.54, 1.807) is 24.3 Å². The summed E-state index contributed by atoms with van der Waals surface area (Å²) in [5.41, 5.74) is 0.297. The third-order valence-electron chi connectivity index (χ3n) is 3.74. The van der Waals surface area contributed by atoms with Gasteiger partial charge < -0.3 is 10.4 Å². The standard InChI is InChI=1S/C14H11ClF3N3O2/c15-8-3-1-7(2-4-8)10-5-11(14(16,17)18)21-12(20-10)9(6-19-21)13(22)23/h1-4,6,10-11,20H,5H2,(H,22,23). The highest BCUT2D eigenvalue weighted by atomic mass is 35.5. The van der Waals surface area contributed by atoms with Crippen LogP contribution in [0.15, 0.2) is 30.5 Å². The highest BCUT2D eigenvalue weighted by Crippen LogP contribution is 2.44. The van der Waals surface area contributed by atoms with E-state index < -0.39 is 24.2 Å². The number of carboxylic acids is 1. The number of rotatable bonds is 2. The fourth-order valence-corrected chi connectivity index (χ4v) is 2.76. The monoisotopic (exact) mass is 345 g/mol. The first-order valence-corrected chi connectivity index (χ1v) is 7.04. The van der Waals surface area contributed by atoms with Crippen molar-refractivity contribution in [2.75, 3.05) is 5.32 Å². The van der Waals surface area contributed by atoms with Crippen molar-refractivity contribution in [1.29, 1.82) is 0 Å². The molecule has 1 aliphatic rings. The Bertz CT molecular complexity index is 743. The van der Waals surface area contributed by atoms with Crippen LogP contribution in [0.5, 0.6) is 0 Å². The molecule has 0 amide bonds. The van der Waals surface area contributed by atoms with Crippen LogP contribution in [0.3, 0.4) is 0 Å². The van der Waals surface area contributed by atoms with Gasteiger partial charge in [0.15, 0.2) is 6.04 Å². The Hall–Kier alpha value is -2.22. The lowest BCUT2D eigenvalue weighted by Gasteiger charge is -2.33. The second-order valence-electron chi connectivity index (χ2n) is 5.20. The van der Waals surface area contributed by atoms with Crippen molar-refractivity contribution >= 4 is 23.4 Å². The molecule has 1 aromatic carbocycles. The van der Waals surface area contributed by atoms with Gasteiger partial charge in [-0.05, 0) is 17.7 Å². The number of halogens is 4. The minimum absolute atomic E-state index is 0.147. The number of aromatic nitrogens is 2. The van der Waals surface area contributed by atoms with Crippen LogP contribution < -0.4 is 5.32 Å². The summed E-state index contributed by atoms with van der Waals surface area (Å²) < 4.78 is 40.7. The summed E-state index contributed by atoms with van der Waals surface area (Å²) in [7, 11) is 0. The summed E-state index contributed by atoms with van der Waals surface area (Å²) in [4.78, 5) is 11.2. The number of nitrogens with zero attached hydrogens (tertiary/aromatic N) is 2. The Kier molecular flexibility index (Phi) is 3.71. The highest BCUT2D eigenvalue weighted by molar-refractivity contribution is 6.30. The molecular weight excluding hydrogens is 335 g/mol. The predicted octanol–water partition coefficient (Wildman–Crippen LogP) is 3.90. The first-order valence-electron chi connectivity index (χ1n) is 6.67.